The Morgan fingerprint density at radius 3 is 2.70 bits per heavy atom. The van der Waals surface area contributed by atoms with Crippen LogP contribution in [0, 0.1) is 12.7 Å². The fourth-order valence-electron chi connectivity index (χ4n) is 1.49. The summed E-state index contributed by atoms with van der Waals surface area (Å²) in [6.07, 6.45) is 2.18. The summed E-state index contributed by atoms with van der Waals surface area (Å²) in [5.41, 5.74) is 0.749. The van der Waals surface area contributed by atoms with Gasteiger partial charge in [0.05, 0.1) is 0 Å². The van der Waals surface area contributed by atoms with E-state index in [9.17, 15) is 14.0 Å². The van der Waals surface area contributed by atoms with Crippen molar-refractivity contribution in [1.29, 1.82) is 0 Å². The number of amides is 2. The quantitative estimate of drug-likeness (QED) is 0.754. The van der Waals surface area contributed by atoms with Crippen molar-refractivity contribution in [3.05, 3.63) is 29.6 Å². The third-order valence-electron chi connectivity index (χ3n) is 2.64. The Balaban J connectivity index is 2.60. The van der Waals surface area contributed by atoms with E-state index in [0.717, 1.165) is 0 Å². The van der Waals surface area contributed by atoms with E-state index >= 15 is 0 Å². The van der Waals surface area contributed by atoms with E-state index in [1.165, 1.54) is 23.9 Å². The van der Waals surface area contributed by atoms with E-state index in [4.69, 9.17) is 5.11 Å². The average molecular weight is 300 g/mol. The van der Waals surface area contributed by atoms with Crippen LogP contribution in [-0.4, -0.2) is 35.2 Å². The first-order chi connectivity index (χ1) is 9.43. The summed E-state index contributed by atoms with van der Waals surface area (Å²) in [6, 6.07) is 2.65. The largest absolute Gasteiger partial charge is 0.480 e. The number of carbonyl (C=O) groups excluding carboxylic acids is 1. The maximum Gasteiger partial charge on any atom is 0.326 e. The topological polar surface area (TPSA) is 78.4 Å². The van der Waals surface area contributed by atoms with Crippen molar-refractivity contribution in [1.82, 2.24) is 5.32 Å². The molecular weight excluding hydrogens is 283 g/mol. The summed E-state index contributed by atoms with van der Waals surface area (Å²) in [7, 11) is 0. The minimum absolute atomic E-state index is 0.277. The van der Waals surface area contributed by atoms with Crippen LogP contribution in [0.25, 0.3) is 0 Å². The van der Waals surface area contributed by atoms with Gasteiger partial charge in [-0.15, -0.1) is 0 Å². The number of thioether (sulfide) groups is 1. The highest BCUT2D eigenvalue weighted by molar-refractivity contribution is 7.98. The fraction of sp³-hybridized carbons (Fsp3) is 0.385. The van der Waals surface area contributed by atoms with Gasteiger partial charge in [-0.2, -0.15) is 11.8 Å². The molecule has 0 spiro atoms. The van der Waals surface area contributed by atoms with Crippen molar-refractivity contribution < 1.29 is 19.1 Å². The number of carbonyl (C=O) groups is 2. The van der Waals surface area contributed by atoms with Crippen LogP contribution in [-0.2, 0) is 4.79 Å². The van der Waals surface area contributed by atoms with Gasteiger partial charge in [-0.3, -0.25) is 0 Å². The fourth-order valence-corrected chi connectivity index (χ4v) is 1.96. The van der Waals surface area contributed by atoms with Gasteiger partial charge in [0.1, 0.15) is 11.9 Å². The van der Waals surface area contributed by atoms with Crippen LogP contribution < -0.4 is 10.6 Å². The minimum atomic E-state index is -1.09. The van der Waals surface area contributed by atoms with Crippen molar-refractivity contribution in [2.75, 3.05) is 17.3 Å². The lowest BCUT2D eigenvalue weighted by Gasteiger charge is -2.14. The molecule has 1 aromatic rings. The molecule has 20 heavy (non-hydrogen) atoms. The molecule has 5 nitrogen and oxygen atoms in total. The first-order valence-corrected chi connectivity index (χ1v) is 7.39. The Hall–Kier alpha value is -1.76. The van der Waals surface area contributed by atoms with Gasteiger partial charge in [0.25, 0.3) is 0 Å². The third-order valence-corrected chi connectivity index (χ3v) is 3.29. The summed E-state index contributed by atoms with van der Waals surface area (Å²) < 4.78 is 13.3. The zero-order valence-corrected chi connectivity index (χ0v) is 12.1. The summed E-state index contributed by atoms with van der Waals surface area (Å²) >= 11 is 1.50. The zero-order chi connectivity index (χ0) is 15.1. The normalized spacial score (nSPS) is 11.8. The number of carboxylic acid groups (broad SMARTS) is 1. The Labute approximate surface area is 120 Å². The summed E-state index contributed by atoms with van der Waals surface area (Å²) in [5.74, 6) is -0.902. The average Bonchev–Trinajstić information content (AvgIpc) is 2.38. The van der Waals surface area contributed by atoms with Crippen LogP contribution in [0.2, 0.25) is 0 Å². The summed E-state index contributed by atoms with van der Waals surface area (Å²) in [6.45, 7) is 1.61. The number of aryl methyl sites for hydroxylation is 1. The van der Waals surface area contributed by atoms with Gasteiger partial charge >= 0.3 is 12.0 Å². The number of hydrogen-bond acceptors (Lipinski definition) is 3. The van der Waals surface area contributed by atoms with Gasteiger partial charge in [-0.05, 0) is 43.0 Å². The van der Waals surface area contributed by atoms with Gasteiger partial charge in [0, 0.05) is 5.69 Å². The molecule has 0 aliphatic heterocycles. The van der Waals surface area contributed by atoms with E-state index in [-0.39, 0.29) is 5.69 Å². The molecule has 3 N–H and O–H groups in total. The van der Waals surface area contributed by atoms with E-state index < -0.39 is 23.9 Å². The van der Waals surface area contributed by atoms with E-state index in [2.05, 4.69) is 10.6 Å². The standard InChI is InChI=1S/C13H17FN2O3S/c1-8-3-4-9(7-10(8)14)15-13(19)16-11(12(17)18)5-6-20-2/h3-4,7,11H,5-6H2,1-2H3,(H,17,18)(H2,15,16,19)/t11-/m1/s1. The lowest BCUT2D eigenvalue weighted by molar-refractivity contribution is -0.139. The lowest BCUT2D eigenvalue weighted by atomic mass is 10.2. The van der Waals surface area contributed by atoms with Gasteiger partial charge in [0.2, 0.25) is 0 Å². The smallest absolute Gasteiger partial charge is 0.326 e. The van der Waals surface area contributed by atoms with Crippen LogP contribution in [0.3, 0.4) is 0 Å². The maximum atomic E-state index is 13.3. The molecule has 7 heteroatoms. The molecule has 110 valence electrons. The second-order valence-electron chi connectivity index (χ2n) is 4.23. The van der Waals surface area contributed by atoms with Crippen LogP contribution in [0.5, 0.6) is 0 Å². The number of hydrogen-bond donors (Lipinski definition) is 3. The molecule has 0 bridgehead atoms. The number of anilines is 1. The number of carboxylic acids is 1. The van der Waals surface area contributed by atoms with Crippen molar-refractivity contribution in [2.45, 2.75) is 19.4 Å². The highest BCUT2D eigenvalue weighted by atomic mass is 32.2. The second kappa shape index (κ2) is 7.74. The van der Waals surface area contributed by atoms with Gasteiger partial charge in [-0.25, -0.2) is 14.0 Å². The number of urea groups is 1. The number of rotatable bonds is 6. The van der Waals surface area contributed by atoms with E-state index in [1.807, 2.05) is 6.26 Å². The molecule has 0 aliphatic rings. The molecule has 0 saturated heterocycles. The molecule has 0 radical (unpaired) electrons. The molecule has 2 amide bonds. The second-order valence-corrected chi connectivity index (χ2v) is 5.22. The Kier molecular flexibility index (Phi) is 6.30. The molecule has 0 heterocycles. The minimum Gasteiger partial charge on any atom is -0.480 e. The first kappa shape index (κ1) is 16.3. The highest BCUT2D eigenvalue weighted by Gasteiger charge is 2.19. The predicted octanol–water partition coefficient (Wildman–Crippen LogP) is 2.46. The Bertz CT molecular complexity index is 497. The molecular formula is C13H17FN2O3S. The maximum absolute atomic E-state index is 13.3. The highest BCUT2D eigenvalue weighted by Crippen LogP contribution is 2.13. The molecule has 0 unspecified atom stereocenters. The number of aliphatic carboxylic acids is 1. The van der Waals surface area contributed by atoms with Crippen molar-refractivity contribution >= 4 is 29.4 Å². The van der Waals surface area contributed by atoms with Gasteiger partial charge in [-0.1, -0.05) is 6.07 Å². The van der Waals surface area contributed by atoms with Crippen molar-refractivity contribution in [2.24, 2.45) is 0 Å². The molecule has 0 saturated carbocycles. The van der Waals surface area contributed by atoms with Crippen LogP contribution >= 0.6 is 11.8 Å². The number of nitrogens with one attached hydrogen (secondary N) is 2. The van der Waals surface area contributed by atoms with E-state index in [1.54, 1.807) is 13.0 Å². The van der Waals surface area contributed by atoms with Crippen molar-refractivity contribution in [3.63, 3.8) is 0 Å². The van der Waals surface area contributed by atoms with Gasteiger partial charge < -0.3 is 15.7 Å². The Morgan fingerprint density at radius 1 is 1.45 bits per heavy atom. The third kappa shape index (κ3) is 5.08. The number of benzene rings is 1. The van der Waals surface area contributed by atoms with Crippen LogP contribution in [0.1, 0.15) is 12.0 Å². The lowest BCUT2D eigenvalue weighted by Crippen LogP contribution is -2.43. The summed E-state index contributed by atoms with van der Waals surface area (Å²) in [4.78, 5) is 22.7. The zero-order valence-electron chi connectivity index (χ0n) is 11.3. The van der Waals surface area contributed by atoms with E-state index in [0.29, 0.717) is 17.7 Å². The van der Waals surface area contributed by atoms with Crippen molar-refractivity contribution in [3.8, 4) is 0 Å². The molecule has 0 aromatic heterocycles. The Morgan fingerprint density at radius 2 is 2.15 bits per heavy atom. The molecule has 1 rings (SSSR count). The molecule has 0 fully saturated rings. The van der Waals surface area contributed by atoms with Crippen LogP contribution in [0.15, 0.2) is 18.2 Å². The molecule has 1 atom stereocenters. The predicted molar refractivity (Wildman–Crippen MR) is 77.7 cm³/mol. The molecule has 1 aromatic carbocycles. The first-order valence-electron chi connectivity index (χ1n) is 5.99. The monoisotopic (exact) mass is 300 g/mol. The van der Waals surface area contributed by atoms with Crippen LogP contribution in [0.4, 0.5) is 14.9 Å². The molecule has 0 aliphatic carbocycles. The van der Waals surface area contributed by atoms with Gasteiger partial charge in [0.15, 0.2) is 0 Å². The summed E-state index contributed by atoms with van der Waals surface area (Å²) in [5, 5.41) is 13.7. The SMILES string of the molecule is CSCC[C@@H](NC(=O)Nc1ccc(C)c(F)c1)C(=O)O. The number of halogens is 1.